The number of H-pyrrole nitrogens is 1. The lowest BCUT2D eigenvalue weighted by molar-refractivity contribution is -0.143. The van der Waals surface area contributed by atoms with E-state index in [1.54, 1.807) is 6.20 Å². The van der Waals surface area contributed by atoms with Gasteiger partial charge < -0.3 is 37.1 Å². The molecule has 1 saturated heterocycles. The summed E-state index contributed by atoms with van der Waals surface area (Å²) in [6.07, 6.45) is 4.36. The number of carbonyl (C=O) groups is 4. The van der Waals surface area contributed by atoms with Crippen molar-refractivity contribution in [3.8, 4) is 0 Å². The van der Waals surface area contributed by atoms with E-state index in [9.17, 15) is 24.3 Å². The van der Waals surface area contributed by atoms with E-state index in [-0.39, 0.29) is 24.5 Å². The molecule has 8 N–H and O–H groups in total. The van der Waals surface area contributed by atoms with E-state index in [1.165, 1.54) is 4.90 Å². The summed E-state index contributed by atoms with van der Waals surface area (Å²) in [6.45, 7) is 0.812. The van der Waals surface area contributed by atoms with Gasteiger partial charge in [0.1, 0.15) is 18.1 Å². The second kappa shape index (κ2) is 13.5. The Kier molecular flexibility index (Phi) is 10.4. The monoisotopic (exact) mass is 532 g/mol. The lowest BCUT2D eigenvalue weighted by Gasteiger charge is -2.28. The Labute approximate surface area is 221 Å². The van der Waals surface area contributed by atoms with Crippen LogP contribution in [0.5, 0.6) is 0 Å². The molecule has 11 nitrogen and oxygen atoms in total. The van der Waals surface area contributed by atoms with Gasteiger partial charge in [-0.3, -0.25) is 14.4 Å². The van der Waals surface area contributed by atoms with Crippen LogP contribution in [0.4, 0.5) is 0 Å². The van der Waals surface area contributed by atoms with Crippen LogP contribution in [-0.4, -0.2) is 81.7 Å². The minimum absolute atomic E-state index is 0.132. The summed E-state index contributed by atoms with van der Waals surface area (Å²) in [5, 5.41) is 15.9. The molecule has 3 amide bonds. The number of aliphatic carboxylic acids is 1. The second-order valence-corrected chi connectivity index (χ2v) is 9.65. The van der Waals surface area contributed by atoms with E-state index < -0.39 is 42.0 Å². The molecule has 0 saturated carbocycles. The number of carboxylic acids is 1. The first-order valence-corrected chi connectivity index (χ1v) is 13.2. The highest BCUT2D eigenvalue weighted by Gasteiger charge is 2.37. The molecule has 0 bridgehead atoms. The molecule has 202 valence electrons. The van der Waals surface area contributed by atoms with Crippen LogP contribution >= 0.6 is 12.6 Å². The number of carbonyl (C=O) groups excluding carboxylic acids is 3. The smallest absolute Gasteiger partial charge is 0.326 e. The maximum atomic E-state index is 13.3. The molecule has 0 aliphatic carbocycles. The van der Waals surface area contributed by atoms with Gasteiger partial charge >= 0.3 is 5.97 Å². The SMILES string of the molecule is NCCCCC(NC(=O)C(Cc1c[nH]c2ccccc12)NC(=O)C1CCCN1C(=O)C(N)CS)C(=O)O. The average Bonchev–Trinajstić information content (AvgIpc) is 3.54. The Morgan fingerprint density at radius 3 is 2.62 bits per heavy atom. The standard InChI is InChI=1S/C25H36N6O5S/c26-10-4-3-8-19(25(35)36)29-22(32)20(12-15-13-28-18-7-2-1-6-16(15)18)30-23(33)21-9-5-11-31(21)24(34)17(27)14-37/h1-2,6-7,13,17,19-21,28,37H,3-5,8-12,14,26-27H2,(H,29,32)(H,30,33)(H,35,36). The van der Waals surface area contributed by atoms with Crippen LogP contribution in [0.1, 0.15) is 37.7 Å². The summed E-state index contributed by atoms with van der Waals surface area (Å²) >= 11 is 4.08. The zero-order valence-electron chi connectivity index (χ0n) is 20.7. The van der Waals surface area contributed by atoms with Crippen LogP contribution < -0.4 is 22.1 Å². The first-order chi connectivity index (χ1) is 17.8. The molecule has 12 heteroatoms. The Balaban J connectivity index is 1.81. The normalized spacial score (nSPS) is 17.8. The third-order valence-electron chi connectivity index (χ3n) is 6.65. The summed E-state index contributed by atoms with van der Waals surface area (Å²) < 4.78 is 0. The van der Waals surface area contributed by atoms with Gasteiger partial charge in [0.25, 0.3) is 0 Å². The Hall–Kier alpha value is -3.09. The summed E-state index contributed by atoms with van der Waals surface area (Å²) in [7, 11) is 0. The van der Waals surface area contributed by atoms with Crippen molar-refractivity contribution in [2.45, 2.75) is 62.7 Å². The number of benzene rings is 1. The molecule has 1 aliphatic heterocycles. The van der Waals surface area contributed by atoms with Crippen LogP contribution in [0.15, 0.2) is 30.5 Å². The topological polar surface area (TPSA) is 184 Å². The summed E-state index contributed by atoms with van der Waals surface area (Å²) in [4.78, 5) is 55.7. The van der Waals surface area contributed by atoms with Crippen LogP contribution in [-0.2, 0) is 25.6 Å². The van der Waals surface area contributed by atoms with Gasteiger partial charge in [-0.2, -0.15) is 12.6 Å². The maximum absolute atomic E-state index is 13.3. The fraction of sp³-hybridized carbons (Fsp3) is 0.520. The number of fused-ring (bicyclic) bond motifs is 1. The van der Waals surface area contributed by atoms with E-state index in [1.807, 2.05) is 24.3 Å². The number of para-hydroxylation sites is 1. The van der Waals surface area contributed by atoms with Crippen LogP contribution in [0.3, 0.4) is 0 Å². The molecule has 1 aromatic carbocycles. The number of nitrogens with zero attached hydrogens (tertiary/aromatic N) is 1. The Morgan fingerprint density at radius 1 is 1.16 bits per heavy atom. The van der Waals surface area contributed by atoms with Crippen LogP contribution in [0, 0.1) is 0 Å². The zero-order valence-corrected chi connectivity index (χ0v) is 21.6. The van der Waals surface area contributed by atoms with Crippen molar-refractivity contribution in [3.05, 3.63) is 36.0 Å². The number of carboxylic acid groups (broad SMARTS) is 1. The number of nitrogens with two attached hydrogens (primary N) is 2. The van der Waals surface area contributed by atoms with Crippen LogP contribution in [0.25, 0.3) is 10.9 Å². The minimum Gasteiger partial charge on any atom is -0.480 e. The van der Waals surface area contributed by atoms with Gasteiger partial charge in [-0.15, -0.1) is 0 Å². The van der Waals surface area contributed by atoms with Crippen molar-refractivity contribution in [1.29, 1.82) is 0 Å². The van der Waals surface area contributed by atoms with Gasteiger partial charge in [0.15, 0.2) is 0 Å². The Morgan fingerprint density at radius 2 is 1.92 bits per heavy atom. The number of nitrogens with one attached hydrogen (secondary N) is 3. The van der Waals surface area contributed by atoms with Crippen molar-refractivity contribution in [1.82, 2.24) is 20.5 Å². The van der Waals surface area contributed by atoms with Crippen molar-refractivity contribution in [2.75, 3.05) is 18.8 Å². The predicted octanol–water partition coefficient (Wildman–Crippen LogP) is 0.142. The number of aromatic nitrogens is 1. The highest BCUT2D eigenvalue weighted by molar-refractivity contribution is 7.80. The molecule has 3 rings (SSSR count). The molecule has 2 heterocycles. The first kappa shape index (κ1) is 28.5. The van der Waals surface area contributed by atoms with Crippen molar-refractivity contribution in [2.24, 2.45) is 11.5 Å². The van der Waals surface area contributed by atoms with Crippen molar-refractivity contribution < 1.29 is 24.3 Å². The average molecular weight is 533 g/mol. The maximum Gasteiger partial charge on any atom is 0.326 e. The molecular weight excluding hydrogens is 496 g/mol. The second-order valence-electron chi connectivity index (χ2n) is 9.29. The number of hydrogen-bond acceptors (Lipinski definition) is 7. The van der Waals surface area contributed by atoms with Gasteiger partial charge in [0.2, 0.25) is 17.7 Å². The van der Waals surface area contributed by atoms with Gasteiger partial charge in [0, 0.05) is 35.8 Å². The minimum atomic E-state index is -1.16. The predicted molar refractivity (Wildman–Crippen MR) is 143 cm³/mol. The van der Waals surface area contributed by atoms with E-state index in [2.05, 4.69) is 28.2 Å². The third kappa shape index (κ3) is 7.24. The fourth-order valence-corrected chi connectivity index (χ4v) is 4.77. The molecule has 37 heavy (non-hydrogen) atoms. The molecular formula is C25H36N6O5S. The Bertz CT molecular complexity index is 1110. The third-order valence-corrected chi connectivity index (χ3v) is 7.04. The largest absolute Gasteiger partial charge is 0.480 e. The fourth-order valence-electron chi connectivity index (χ4n) is 4.61. The number of unbranched alkanes of at least 4 members (excludes halogenated alkanes) is 1. The van der Waals surface area contributed by atoms with E-state index in [0.717, 1.165) is 16.5 Å². The van der Waals surface area contributed by atoms with E-state index >= 15 is 0 Å². The summed E-state index contributed by atoms with van der Waals surface area (Å²) in [6, 6.07) is 3.80. The molecule has 0 radical (unpaired) electrons. The first-order valence-electron chi connectivity index (χ1n) is 12.5. The van der Waals surface area contributed by atoms with Gasteiger partial charge in [-0.1, -0.05) is 18.2 Å². The number of hydrogen-bond donors (Lipinski definition) is 7. The van der Waals surface area contributed by atoms with Gasteiger partial charge in [-0.25, -0.2) is 4.79 Å². The molecule has 4 atom stereocenters. The number of rotatable bonds is 13. The van der Waals surface area contributed by atoms with Crippen molar-refractivity contribution >= 4 is 47.2 Å². The van der Waals surface area contributed by atoms with Crippen LogP contribution in [0.2, 0.25) is 0 Å². The highest BCUT2D eigenvalue weighted by Crippen LogP contribution is 2.21. The van der Waals surface area contributed by atoms with Gasteiger partial charge in [-0.05, 0) is 50.3 Å². The van der Waals surface area contributed by atoms with E-state index in [4.69, 9.17) is 11.5 Å². The lowest BCUT2D eigenvalue weighted by Crippen LogP contribution is -2.57. The highest BCUT2D eigenvalue weighted by atomic mass is 32.1. The number of likely N-dealkylation sites (tertiary alicyclic amines) is 1. The molecule has 1 fully saturated rings. The number of aromatic amines is 1. The van der Waals surface area contributed by atoms with Gasteiger partial charge in [0.05, 0.1) is 6.04 Å². The van der Waals surface area contributed by atoms with E-state index in [0.29, 0.717) is 38.8 Å². The quantitative estimate of drug-likeness (QED) is 0.141. The molecule has 2 aromatic rings. The zero-order chi connectivity index (χ0) is 26.9. The lowest BCUT2D eigenvalue weighted by atomic mass is 10.0. The number of amides is 3. The van der Waals surface area contributed by atoms with Crippen molar-refractivity contribution in [3.63, 3.8) is 0 Å². The number of thiol groups is 1. The molecule has 1 aromatic heterocycles. The summed E-state index contributed by atoms with van der Waals surface area (Å²) in [5.41, 5.74) is 13.0. The summed E-state index contributed by atoms with van der Waals surface area (Å²) in [5.74, 6) is -2.46. The molecule has 0 spiro atoms. The molecule has 4 unspecified atom stereocenters. The molecule has 1 aliphatic rings.